The van der Waals surface area contributed by atoms with E-state index in [1.165, 1.54) is 6.07 Å². The van der Waals surface area contributed by atoms with Crippen molar-refractivity contribution < 1.29 is 4.39 Å². The number of piperazine rings is 1. The summed E-state index contributed by atoms with van der Waals surface area (Å²) in [5.41, 5.74) is 6.48. The Morgan fingerprint density at radius 1 is 1.26 bits per heavy atom. The summed E-state index contributed by atoms with van der Waals surface area (Å²) in [6, 6.07) is 7.00. The van der Waals surface area contributed by atoms with Crippen molar-refractivity contribution in [3.8, 4) is 0 Å². The number of hydrogen-bond donors (Lipinski definition) is 2. The van der Waals surface area contributed by atoms with Gasteiger partial charge in [0.2, 0.25) is 0 Å². The molecule has 0 bridgehead atoms. The van der Waals surface area contributed by atoms with Gasteiger partial charge in [0.25, 0.3) is 0 Å². The summed E-state index contributed by atoms with van der Waals surface area (Å²) in [5.74, 6) is 0.406. The van der Waals surface area contributed by atoms with Gasteiger partial charge in [0.15, 0.2) is 5.96 Å². The van der Waals surface area contributed by atoms with Crippen molar-refractivity contribution in [2.24, 2.45) is 10.7 Å². The normalized spacial score (nSPS) is 16.6. The van der Waals surface area contributed by atoms with Gasteiger partial charge >= 0.3 is 0 Å². The van der Waals surface area contributed by atoms with Gasteiger partial charge in [-0.15, -0.1) is 0 Å². The molecule has 0 saturated carbocycles. The first kappa shape index (κ1) is 17.5. The van der Waals surface area contributed by atoms with Gasteiger partial charge in [-0.25, -0.2) is 4.39 Å². The zero-order valence-corrected chi connectivity index (χ0v) is 14.0. The fourth-order valence-electron chi connectivity index (χ4n) is 2.73. The quantitative estimate of drug-likeness (QED) is 0.455. The van der Waals surface area contributed by atoms with Gasteiger partial charge < -0.3 is 16.0 Å². The predicted octanol–water partition coefficient (Wildman–Crippen LogP) is 1.65. The molecule has 1 aromatic carbocycles. The molecule has 5 nitrogen and oxygen atoms in total. The molecular weight excluding hydrogens is 293 g/mol. The molecule has 128 valence electrons. The zero-order valence-electron chi connectivity index (χ0n) is 14.0. The van der Waals surface area contributed by atoms with Gasteiger partial charge in [-0.1, -0.05) is 19.1 Å². The molecule has 1 saturated heterocycles. The van der Waals surface area contributed by atoms with E-state index in [1.54, 1.807) is 6.07 Å². The smallest absolute Gasteiger partial charge is 0.188 e. The minimum atomic E-state index is -0.132. The Kier molecular flexibility index (Phi) is 7.13. The Labute approximate surface area is 138 Å². The Morgan fingerprint density at radius 3 is 2.70 bits per heavy atom. The number of hydrogen-bond acceptors (Lipinski definition) is 3. The highest BCUT2D eigenvalue weighted by molar-refractivity contribution is 5.77. The summed E-state index contributed by atoms with van der Waals surface area (Å²) in [7, 11) is 0. The number of rotatable bonds is 7. The Hall–Kier alpha value is -1.82. The topological polar surface area (TPSA) is 56.9 Å². The van der Waals surface area contributed by atoms with Gasteiger partial charge in [-0.3, -0.25) is 9.89 Å². The van der Waals surface area contributed by atoms with Crippen LogP contribution in [0.5, 0.6) is 0 Å². The van der Waals surface area contributed by atoms with E-state index < -0.39 is 0 Å². The SMILES string of the molecule is CCCN=C(N)NCCCN1CCN(c2ccccc2F)CC1. The molecule has 1 heterocycles. The highest BCUT2D eigenvalue weighted by Crippen LogP contribution is 2.19. The summed E-state index contributed by atoms with van der Waals surface area (Å²) in [5, 5.41) is 3.14. The Morgan fingerprint density at radius 2 is 2.00 bits per heavy atom. The second kappa shape index (κ2) is 9.35. The minimum Gasteiger partial charge on any atom is -0.370 e. The molecule has 0 aliphatic carbocycles. The highest BCUT2D eigenvalue weighted by atomic mass is 19.1. The summed E-state index contributed by atoms with van der Waals surface area (Å²) in [4.78, 5) is 8.75. The monoisotopic (exact) mass is 321 g/mol. The summed E-state index contributed by atoms with van der Waals surface area (Å²) in [6.07, 6.45) is 2.04. The number of nitrogens with one attached hydrogen (secondary N) is 1. The van der Waals surface area contributed by atoms with E-state index in [4.69, 9.17) is 5.73 Å². The first-order valence-electron chi connectivity index (χ1n) is 8.46. The van der Waals surface area contributed by atoms with Crippen molar-refractivity contribution in [1.29, 1.82) is 0 Å². The lowest BCUT2D eigenvalue weighted by Gasteiger charge is -2.36. The minimum absolute atomic E-state index is 0.132. The maximum Gasteiger partial charge on any atom is 0.188 e. The number of anilines is 1. The van der Waals surface area contributed by atoms with Gasteiger partial charge in [0, 0.05) is 39.3 Å². The van der Waals surface area contributed by atoms with Crippen molar-refractivity contribution in [3.05, 3.63) is 30.1 Å². The van der Waals surface area contributed by atoms with Crippen LogP contribution in [0.15, 0.2) is 29.3 Å². The Balaban J connectivity index is 1.65. The van der Waals surface area contributed by atoms with Gasteiger partial charge in [0.1, 0.15) is 5.82 Å². The summed E-state index contributed by atoms with van der Waals surface area (Å²) in [6.45, 7) is 8.39. The third kappa shape index (κ3) is 5.71. The molecule has 0 atom stereocenters. The zero-order chi connectivity index (χ0) is 16.5. The van der Waals surface area contributed by atoms with Crippen LogP contribution >= 0.6 is 0 Å². The number of aliphatic imine (C=N–C) groups is 1. The fourth-order valence-corrected chi connectivity index (χ4v) is 2.73. The van der Waals surface area contributed by atoms with E-state index in [2.05, 4.69) is 27.0 Å². The molecule has 3 N–H and O–H groups in total. The van der Waals surface area contributed by atoms with Crippen molar-refractivity contribution in [2.75, 3.05) is 50.7 Å². The standard InChI is InChI=1S/C17H28FN5/c1-2-8-20-17(19)21-9-5-10-22-11-13-23(14-12-22)16-7-4-3-6-15(16)18/h3-4,6-7H,2,5,8-14H2,1H3,(H3,19,20,21). The van der Waals surface area contributed by atoms with Crippen LogP contribution in [0, 0.1) is 5.82 Å². The lowest BCUT2D eigenvalue weighted by molar-refractivity contribution is 0.254. The number of nitrogens with zero attached hydrogens (tertiary/aromatic N) is 3. The van der Waals surface area contributed by atoms with Crippen LogP contribution < -0.4 is 16.0 Å². The van der Waals surface area contributed by atoms with Crippen LogP contribution in [-0.4, -0.2) is 56.7 Å². The number of halogens is 1. The van der Waals surface area contributed by atoms with Crippen molar-refractivity contribution in [2.45, 2.75) is 19.8 Å². The second-order valence-electron chi connectivity index (χ2n) is 5.83. The molecule has 1 fully saturated rings. The number of benzene rings is 1. The number of para-hydroxylation sites is 1. The van der Waals surface area contributed by atoms with E-state index in [-0.39, 0.29) is 5.82 Å². The molecule has 0 aromatic heterocycles. The van der Waals surface area contributed by atoms with E-state index in [9.17, 15) is 4.39 Å². The van der Waals surface area contributed by atoms with E-state index in [1.807, 2.05) is 12.1 Å². The maximum atomic E-state index is 13.8. The van der Waals surface area contributed by atoms with E-state index in [0.717, 1.165) is 58.7 Å². The molecule has 0 spiro atoms. The van der Waals surface area contributed by atoms with Gasteiger partial charge in [-0.2, -0.15) is 0 Å². The number of guanidine groups is 1. The van der Waals surface area contributed by atoms with Crippen LogP contribution in [0.1, 0.15) is 19.8 Å². The highest BCUT2D eigenvalue weighted by Gasteiger charge is 2.18. The summed E-state index contributed by atoms with van der Waals surface area (Å²) >= 11 is 0. The first-order valence-corrected chi connectivity index (χ1v) is 8.46. The van der Waals surface area contributed by atoms with Crippen LogP contribution in [-0.2, 0) is 0 Å². The molecule has 1 aromatic rings. The predicted molar refractivity (Wildman–Crippen MR) is 94.5 cm³/mol. The third-order valence-corrected chi connectivity index (χ3v) is 4.03. The van der Waals surface area contributed by atoms with Crippen molar-refractivity contribution in [1.82, 2.24) is 10.2 Å². The van der Waals surface area contributed by atoms with Crippen LogP contribution in [0.3, 0.4) is 0 Å². The average molecular weight is 321 g/mol. The molecule has 2 rings (SSSR count). The average Bonchev–Trinajstić information content (AvgIpc) is 2.58. The lowest BCUT2D eigenvalue weighted by Crippen LogP contribution is -2.47. The molecule has 6 heteroatoms. The lowest BCUT2D eigenvalue weighted by atomic mass is 10.2. The molecular formula is C17H28FN5. The second-order valence-corrected chi connectivity index (χ2v) is 5.83. The molecule has 0 radical (unpaired) electrons. The molecule has 23 heavy (non-hydrogen) atoms. The molecule has 0 unspecified atom stereocenters. The summed E-state index contributed by atoms with van der Waals surface area (Å²) < 4.78 is 13.8. The fraction of sp³-hybridized carbons (Fsp3) is 0.588. The molecule has 1 aliphatic rings. The third-order valence-electron chi connectivity index (χ3n) is 4.03. The Bertz CT molecular complexity index is 498. The first-order chi connectivity index (χ1) is 11.2. The van der Waals surface area contributed by atoms with Crippen LogP contribution in [0.2, 0.25) is 0 Å². The van der Waals surface area contributed by atoms with E-state index >= 15 is 0 Å². The van der Waals surface area contributed by atoms with Gasteiger partial charge in [-0.05, 0) is 31.5 Å². The maximum absolute atomic E-state index is 13.8. The van der Waals surface area contributed by atoms with Crippen LogP contribution in [0.25, 0.3) is 0 Å². The van der Waals surface area contributed by atoms with Gasteiger partial charge in [0.05, 0.1) is 5.69 Å². The van der Waals surface area contributed by atoms with Crippen molar-refractivity contribution in [3.63, 3.8) is 0 Å². The van der Waals surface area contributed by atoms with E-state index in [0.29, 0.717) is 11.6 Å². The number of nitrogens with two attached hydrogens (primary N) is 1. The largest absolute Gasteiger partial charge is 0.370 e. The van der Waals surface area contributed by atoms with Crippen molar-refractivity contribution >= 4 is 11.6 Å². The van der Waals surface area contributed by atoms with Crippen LogP contribution in [0.4, 0.5) is 10.1 Å². The molecule has 0 amide bonds. The molecule has 1 aliphatic heterocycles.